The summed E-state index contributed by atoms with van der Waals surface area (Å²) in [6, 6.07) is 0.577. The molecule has 0 radical (unpaired) electrons. The lowest BCUT2D eigenvalue weighted by atomic mass is 10.1. The first kappa shape index (κ1) is 14.7. The molecule has 1 unspecified atom stereocenters. The summed E-state index contributed by atoms with van der Waals surface area (Å²) in [5, 5.41) is 7.68. The Bertz CT molecular complexity index is 324. The van der Waals surface area contributed by atoms with Crippen LogP contribution >= 0.6 is 15.9 Å². The van der Waals surface area contributed by atoms with E-state index in [1.54, 1.807) is 7.11 Å². The van der Waals surface area contributed by atoms with Gasteiger partial charge >= 0.3 is 0 Å². The van der Waals surface area contributed by atoms with Gasteiger partial charge in [0.05, 0.1) is 29.5 Å². The summed E-state index contributed by atoms with van der Waals surface area (Å²) in [6.07, 6.45) is 5.18. The first-order valence-electron chi connectivity index (χ1n) is 6.09. The Kier molecular flexibility index (Phi) is 6.77. The predicted octanol–water partition coefficient (Wildman–Crippen LogP) is 2.22. The third kappa shape index (κ3) is 4.41. The van der Waals surface area contributed by atoms with Gasteiger partial charge in [0.2, 0.25) is 0 Å². The highest BCUT2D eigenvalue weighted by Gasteiger charge is 2.11. The van der Waals surface area contributed by atoms with E-state index in [9.17, 15) is 0 Å². The van der Waals surface area contributed by atoms with E-state index in [4.69, 9.17) is 4.74 Å². The SMILES string of the molecule is CCC(CCc1c(Br)cnn1CCOC)NC. The summed E-state index contributed by atoms with van der Waals surface area (Å²) in [5.41, 5.74) is 1.26. The Balaban J connectivity index is 2.58. The van der Waals surface area contributed by atoms with Gasteiger partial charge in [0.15, 0.2) is 0 Å². The van der Waals surface area contributed by atoms with Crippen LogP contribution in [0.1, 0.15) is 25.5 Å². The van der Waals surface area contributed by atoms with Crippen LogP contribution in [0.25, 0.3) is 0 Å². The predicted molar refractivity (Wildman–Crippen MR) is 73.3 cm³/mol. The van der Waals surface area contributed by atoms with Crippen LogP contribution < -0.4 is 5.32 Å². The zero-order valence-corrected chi connectivity index (χ0v) is 12.5. The van der Waals surface area contributed by atoms with Crippen LogP contribution in [-0.4, -0.2) is 36.6 Å². The lowest BCUT2D eigenvalue weighted by molar-refractivity contribution is 0.182. The molecule has 1 aromatic heterocycles. The van der Waals surface area contributed by atoms with Crippen LogP contribution in [0.15, 0.2) is 10.7 Å². The number of hydrogen-bond donors (Lipinski definition) is 1. The average Bonchev–Trinajstić information content (AvgIpc) is 2.69. The molecule has 1 heterocycles. The van der Waals surface area contributed by atoms with E-state index in [0.717, 1.165) is 30.3 Å². The quantitative estimate of drug-likeness (QED) is 0.800. The molecule has 1 rings (SSSR count). The highest BCUT2D eigenvalue weighted by atomic mass is 79.9. The molecule has 0 spiro atoms. The van der Waals surface area contributed by atoms with Gasteiger partial charge in [-0.25, -0.2) is 0 Å². The monoisotopic (exact) mass is 303 g/mol. The largest absolute Gasteiger partial charge is 0.383 e. The van der Waals surface area contributed by atoms with Crippen molar-refractivity contribution in [2.24, 2.45) is 0 Å². The normalized spacial score (nSPS) is 12.9. The molecule has 1 atom stereocenters. The maximum Gasteiger partial charge on any atom is 0.0658 e. The molecule has 4 nitrogen and oxygen atoms in total. The molecule has 0 aliphatic carbocycles. The number of hydrogen-bond acceptors (Lipinski definition) is 3. The van der Waals surface area contributed by atoms with Crippen molar-refractivity contribution in [3.63, 3.8) is 0 Å². The van der Waals surface area contributed by atoms with Crippen molar-refractivity contribution in [3.05, 3.63) is 16.4 Å². The molecule has 17 heavy (non-hydrogen) atoms. The second-order valence-corrected chi connectivity index (χ2v) is 4.94. The number of nitrogens with zero attached hydrogens (tertiary/aromatic N) is 2. The average molecular weight is 304 g/mol. The van der Waals surface area contributed by atoms with Gasteiger partial charge in [-0.15, -0.1) is 0 Å². The second-order valence-electron chi connectivity index (χ2n) is 4.09. The number of halogens is 1. The Morgan fingerprint density at radius 3 is 2.94 bits per heavy atom. The van der Waals surface area contributed by atoms with Crippen molar-refractivity contribution in [2.75, 3.05) is 20.8 Å². The summed E-state index contributed by atoms with van der Waals surface area (Å²) in [5.74, 6) is 0. The standard InChI is InChI=1S/C12H22BrN3O/c1-4-10(14-2)5-6-12-11(13)9-15-16(12)7-8-17-3/h9-10,14H,4-8H2,1-3H3. The summed E-state index contributed by atoms with van der Waals surface area (Å²) in [4.78, 5) is 0. The topological polar surface area (TPSA) is 39.1 Å². The molecule has 0 aliphatic heterocycles. The molecule has 0 bridgehead atoms. The van der Waals surface area contributed by atoms with Crippen molar-refractivity contribution >= 4 is 15.9 Å². The summed E-state index contributed by atoms with van der Waals surface area (Å²) in [7, 11) is 3.73. The summed E-state index contributed by atoms with van der Waals surface area (Å²) < 4.78 is 8.21. The fourth-order valence-electron chi connectivity index (χ4n) is 1.87. The molecular weight excluding hydrogens is 282 g/mol. The van der Waals surface area contributed by atoms with Crippen LogP contribution in [0.4, 0.5) is 0 Å². The maximum absolute atomic E-state index is 5.09. The zero-order valence-electron chi connectivity index (χ0n) is 10.9. The summed E-state index contributed by atoms with van der Waals surface area (Å²) in [6.45, 7) is 3.72. The van der Waals surface area contributed by atoms with E-state index in [0.29, 0.717) is 12.6 Å². The van der Waals surface area contributed by atoms with Gasteiger partial charge in [-0.3, -0.25) is 4.68 Å². The fraction of sp³-hybridized carbons (Fsp3) is 0.750. The van der Waals surface area contributed by atoms with Crippen LogP contribution in [-0.2, 0) is 17.7 Å². The molecule has 98 valence electrons. The van der Waals surface area contributed by atoms with Gasteiger partial charge in [0.25, 0.3) is 0 Å². The molecule has 0 saturated heterocycles. The highest BCUT2D eigenvalue weighted by Crippen LogP contribution is 2.18. The van der Waals surface area contributed by atoms with Crippen molar-refractivity contribution < 1.29 is 4.74 Å². The molecule has 1 N–H and O–H groups in total. The van der Waals surface area contributed by atoms with Crippen molar-refractivity contribution in [1.82, 2.24) is 15.1 Å². The van der Waals surface area contributed by atoms with Crippen LogP contribution in [0, 0.1) is 0 Å². The molecule has 0 aliphatic rings. The Morgan fingerprint density at radius 1 is 1.59 bits per heavy atom. The molecule has 0 amide bonds. The molecule has 0 aromatic carbocycles. The van der Waals surface area contributed by atoms with Crippen molar-refractivity contribution in [1.29, 1.82) is 0 Å². The fourth-order valence-corrected chi connectivity index (χ4v) is 2.36. The molecule has 0 saturated carbocycles. The van der Waals surface area contributed by atoms with Gasteiger partial charge in [-0.1, -0.05) is 6.92 Å². The van der Waals surface area contributed by atoms with E-state index >= 15 is 0 Å². The smallest absolute Gasteiger partial charge is 0.0658 e. The highest BCUT2D eigenvalue weighted by molar-refractivity contribution is 9.10. The lowest BCUT2D eigenvalue weighted by Gasteiger charge is -2.14. The van der Waals surface area contributed by atoms with E-state index < -0.39 is 0 Å². The minimum atomic E-state index is 0.577. The Hall–Kier alpha value is -0.390. The summed E-state index contributed by atoms with van der Waals surface area (Å²) >= 11 is 3.56. The zero-order chi connectivity index (χ0) is 12.7. The van der Waals surface area contributed by atoms with E-state index in [-0.39, 0.29) is 0 Å². The lowest BCUT2D eigenvalue weighted by Crippen LogP contribution is -2.25. The number of methoxy groups -OCH3 is 1. The van der Waals surface area contributed by atoms with Gasteiger partial charge in [-0.05, 0) is 42.2 Å². The first-order chi connectivity index (χ1) is 8.22. The number of rotatable bonds is 8. The van der Waals surface area contributed by atoms with E-state index in [2.05, 4.69) is 33.3 Å². The maximum atomic E-state index is 5.09. The number of nitrogens with one attached hydrogen (secondary N) is 1. The van der Waals surface area contributed by atoms with Crippen LogP contribution in [0.5, 0.6) is 0 Å². The van der Waals surface area contributed by atoms with Crippen molar-refractivity contribution in [2.45, 2.75) is 38.8 Å². The minimum absolute atomic E-state index is 0.577. The second kappa shape index (κ2) is 7.84. The van der Waals surface area contributed by atoms with E-state index in [1.807, 2.05) is 17.9 Å². The molecule has 5 heteroatoms. The van der Waals surface area contributed by atoms with Crippen LogP contribution in [0.3, 0.4) is 0 Å². The Labute approximate surface area is 112 Å². The Morgan fingerprint density at radius 2 is 2.35 bits per heavy atom. The van der Waals surface area contributed by atoms with Gasteiger partial charge in [0.1, 0.15) is 0 Å². The third-order valence-corrected chi connectivity index (χ3v) is 3.70. The van der Waals surface area contributed by atoms with Crippen LogP contribution in [0.2, 0.25) is 0 Å². The molecule has 1 aromatic rings. The first-order valence-corrected chi connectivity index (χ1v) is 6.88. The van der Waals surface area contributed by atoms with Gasteiger partial charge < -0.3 is 10.1 Å². The number of ether oxygens (including phenoxy) is 1. The molecular formula is C12H22BrN3O. The minimum Gasteiger partial charge on any atom is -0.383 e. The number of aromatic nitrogens is 2. The molecule has 0 fully saturated rings. The van der Waals surface area contributed by atoms with Gasteiger partial charge in [-0.2, -0.15) is 5.10 Å². The van der Waals surface area contributed by atoms with Gasteiger partial charge in [0, 0.05) is 13.2 Å². The third-order valence-electron chi connectivity index (χ3n) is 3.04. The van der Waals surface area contributed by atoms with Crippen molar-refractivity contribution in [3.8, 4) is 0 Å². The van der Waals surface area contributed by atoms with E-state index in [1.165, 1.54) is 5.69 Å².